The van der Waals surface area contributed by atoms with Crippen LogP contribution in [0.4, 0.5) is 0 Å². The molecule has 0 fully saturated rings. The molecule has 0 amide bonds. The van der Waals surface area contributed by atoms with Crippen molar-refractivity contribution >= 4 is 21.5 Å². The summed E-state index contributed by atoms with van der Waals surface area (Å²) in [5.74, 6) is 0.653. The molecule has 0 aliphatic carbocycles. The number of aryl methyl sites for hydroxylation is 4. The molecule has 0 heterocycles. The summed E-state index contributed by atoms with van der Waals surface area (Å²) in [6, 6.07) is 36.8. The summed E-state index contributed by atoms with van der Waals surface area (Å²) in [4.78, 5) is 0. The smallest absolute Gasteiger partial charge is 0.0148 e. The fourth-order valence-electron chi connectivity index (χ4n) is 4.02. The van der Waals surface area contributed by atoms with Crippen molar-refractivity contribution in [3.8, 4) is 0 Å². The lowest BCUT2D eigenvalue weighted by molar-refractivity contribution is 0.866. The van der Waals surface area contributed by atoms with Crippen LogP contribution in [0.25, 0.3) is 21.5 Å². The first kappa shape index (κ1) is 25.2. The Morgan fingerprint density at radius 1 is 0.559 bits per heavy atom. The summed E-state index contributed by atoms with van der Waals surface area (Å²) in [6.45, 7) is 13.0. The summed E-state index contributed by atoms with van der Waals surface area (Å²) in [5, 5.41) is 5.37. The van der Waals surface area contributed by atoms with Gasteiger partial charge in [0, 0.05) is 0 Å². The second-order valence-electron chi connectivity index (χ2n) is 9.35. The van der Waals surface area contributed by atoms with Gasteiger partial charge in [0.2, 0.25) is 0 Å². The van der Waals surface area contributed by atoms with Gasteiger partial charge in [0.05, 0.1) is 0 Å². The maximum atomic E-state index is 2.26. The lowest BCUT2D eigenvalue weighted by Gasteiger charge is -2.06. The standard InChI is InChI=1S/C15H12.C10H14.C9H12/c1-11-14-8-4-2-6-12(14)10-13-7-3-5-9-15(11)13;1-8(2)10-6-4-9(3)5-7-10;1-3-9-6-4-8(2)5-7-9/h2-10H,1H3;4-8H,1-3H3;4-7H,3H2,1-2H3. The maximum absolute atomic E-state index is 2.26. The van der Waals surface area contributed by atoms with Gasteiger partial charge in [-0.05, 0) is 77.4 Å². The second kappa shape index (κ2) is 12.2. The first-order valence-corrected chi connectivity index (χ1v) is 12.4. The number of hydrogen-bond acceptors (Lipinski definition) is 0. The van der Waals surface area contributed by atoms with Crippen molar-refractivity contribution in [2.24, 2.45) is 0 Å². The Morgan fingerprint density at radius 3 is 1.44 bits per heavy atom. The van der Waals surface area contributed by atoms with Crippen LogP contribution in [0.15, 0.2) is 103 Å². The highest BCUT2D eigenvalue weighted by Crippen LogP contribution is 2.27. The Hall–Kier alpha value is -3.38. The van der Waals surface area contributed by atoms with Gasteiger partial charge in [-0.3, -0.25) is 0 Å². The van der Waals surface area contributed by atoms with Crippen LogP contribution in [-0.4, -0.2) is 0 Å². The van der Waals surface area contributed by atoms with E-state index in [2.05, 4.69) is 145 Å². The monoisotopic (exact) mass is 446 g/mol. The molecule has 0 radical (unpaired) electrons. The molecule has 0 aliphatic rings. The lowest BCUT2D eigenvalue weighted by Crippen LogP contribution is -1.85. The molecule has 0 aromatic heterocycles. The average Bonchev–Trinajstić information content (AvgIpc) is 2.86. The fraction of sp³-hybridized carbons (Fsp3) is 0.235. The maximum Gasteiger partial charge on any atom is -0.0148 e. The number of fused-ring (bicyclic) bond motifs is 2. The Labute approximate surface area is 206 Å². The molecule has 0 bridgehead atoms. The van der Waals surface area contributed by atoms with Gasteiger partial charge in [0.25, 0.3) is 0 Å². The zero-order chi connectivity index (χ0) is 24.5. The zero-order valence-corrected chi connectivity index (χ0v) is 21.6. The van der Waals surface area contributed by atoms with E-state index < -0.39 is 0 Å². The van der Waals surface area contributed by atoms with Crippen molar-refractivity contribution < 1.29 is 0 Å². The van der Waals surface area contributed by atoms with Gasteiger partial charge in [-0.1, -0.05) is 129 Å². The van der Waals surface area contributed by atoms with Crippen molar-refractivity contribution in [3.63, 3.8) is 0 Å². The van der Waals surface area contributed by atoms with Crippen LogP contribution in [-0.2, 0) is 6.42 Å². The molecule has 0 spiro atoms. The largest absolute Gasteiger partial charge is 0.0616 e. The van der Waals surface area contributed by atoms with Gasteiger partial charge in [-0.2, -0.15) is 0 Å². The topological polar surface area (TPSA) is 0 Å². The van der Waals surface area contributed by atoms with E-state index in [-0.39, 0.29) is 0 Å². The van der Waals surface area contributed by atoms with Gasteiger partial charge in [0.15, 0.2) is 0 Å². The molecular weight excluding hydrogens is 408 g/mol. The molecule has 34 heavy (non-hydrogen) atoms. The molecule has 0 saturated carbocycles. The van der Waals surface area contributed by atoms with Gasteiger partial charge in [0.1, 0.15) is 0 Å². The molecular formula is C34H38. The summed E-state index contributed by atoms with van der Waals surface area (Å²) in [5.41, 5.74) is 6.89. The van der Waals surface area contributed by atoms with Crippen LogP contribution in [0.2, 0.25) is 0 Å². The van der Waals surface area contributed by atoms with Crippen molar-refractivity contribution in [2.75, 3.05) is 0 Å². The molecule has 5 aromatic carbocycles. The highest BCUT2D eigenvalue weighted by atomic mass is 14.1. The molecule has 0 atom stereocenters. The molecule has 5 aromatic rings. The molecule has 0 saturated heterocycles. The van der Waals surface area contributed by atoms with Crippen molar-refractivity contribution in [1.29, 1.82) is 0 Å². The predicted molar refractivity (Wildman–Crippen MR) is 152 cm³/mol. The van der Waals surface area contributed by atoms with Crippen molar-refractivity contribution in [1.82, 2.24) is 0 Å². The van der Waals surface area contributed by atoms with Crippen LogP contribution >= 0.6 is 0 Å². The summed E-state index contributed by atoms with van der Waals surface area (Å²) in [7, 11) is 0. The predicted octanol–water partition coefficient (Wildman–Crippen LogP) is 9.98. The molecule has 0 N–H and O–H groups in total. The Kier molecular flexibility index (Phi) is 9.05. The first-order valence-electron chi connectivity index (χ1n) is 12.4. The van der Waals surface area contributed by atoms with E-state index in [1.807, 2.05) is 0 Å². The quantitative estimate of drug-likeness (QED) is 0.237. The molecule has 0 aliphatic heterocycles. The minimum Gasteiger partial charge on any atom is -0.0616 e. The van der Waals surface area contributed by atoms with Crippen molar-refractivity contribution in [3.05, 3.63) is 131 Å². The van der Waals surface area contributed by atoms with Crippen LogP contribution in [0.5, 0.6) is 0 Å². The molecule has 5 rings (SSSR count). The Bertz CT molecular complexity index is 1250. The minimum absolute atomic E-state index is 0.653. The number of rotatable bonds is 2. The minimum atomic E-state index is 0.653. The third-order valence-electron chi connectivity index (χ3n) is 6.31. The van der Waals surface area contributed by atoms with E-state index in [1.54, 1.807) is 0 Å². The van der Waals surface area contributed by atoms with Gasteiger partial charge >= 0.3 is 0 Å². The molecule has 174 valence electrons. The fourth-order valence-corrected chi connectivity index (χ4v) is 4.02. The molecule has 0 heteroatoms. The zero-order valence-electron chi connectivity index (χ0n) is 21.6. The summed E-state index contributed by atoms with van der Waals surface area (Å²) in [6.07, 6.45) is 1.14. The normalized spacial score (nSPS) is 10.4. The van der Waals surface area contributed by atoms with Crippen LogP contribution in [0.1, 0.15) is 54.5 Å². The second-order valence-corrected chi connectivity index (χ2v) is 9.35. The number of hydrogen-bond donors (Lipinski definition) is 0. The SMILES string of the molecule is CCc1ccc(C)cc1.Cc1c2ccccc2cc2ccccc12.Cc1ccc(C(C)C)cc1. The Balaban J connectivity index is 0.000000150. The lowest BCUT2D eigenvalue weighted by atomic mass is 9.98. The van der Waals surface area contributed by atoms with E-state index in [1.165, 1.54) is 49.4 Å². The van der Waals surface area contributed by atoms with E-state index in [0.29, 0.717) is 5.92 Å². The van der Waals surface area contributed by atoms with Gasteiger partial charge < -0.3 is 0 Å². The van der Waals surface area contributed by atoms with Gasteiger partial charge in [-0.25, -0.2) is 0 Å². The Morgan fingerprint density at radius 2 is 1.00 bits per heavy atom. The van der Waals surface area contributed by atoms with Crippen LogP contribution < -0.4 is 0 Å². The third kappa shape index (κ3) is 6.81. The van der Waals surface area contributed by atoms with E-state index in [4.69, 9.17) is 0 Å². The van der Waals surface area contributed by atoms with Crippen LogP contribution in [0, 0.1) is 20.8 Å². The van der Waals surface area contributed by atoms with E-state index in [0.717, 1.165) is 6.42 Å². The van der Waals surface area contributed by atoms with E-state index in [9.17, 15) is 0 Å². The highest BCUT2D eigenvalue weighted by molar-refractivity contribution is 6.01. The van der Waals surface area contributed by atoms with Gasteiger partial charge in [-0.15, -0.1) is 0 Å². The summed E-state index contributed by atoms with van der Waals surface area (Å²) < 4.78 is 0. The average molecular weight is 447 g/mol. The van der Waals surface area contributed by atoms with E-state index >= 15 is 0 Å². The highest BCUT2D eigenvalue weighted by Gasteiger charge is 2.01. The molecule has 0 nitrogen and oxygen atoms in total. The number of benzene rings is 5. The third-order valence-corrected chi connectivity index (χ3v) is 6.31. The summed E-state index contributed by atoms with van der Waals surface area (Å²) >= 11 is 0. The van der Waals surface area contributed by atoms with Crippen LogP contribution in [0.3, 0.4) is 0 Å². The first-order chi connectivity index (χ1) is 16.4. The molecule has 0 unspecified atom stereocenters. The van der Waals surface area contributed by atoms with Crippen molar-refractivity contribution in [2.45, 2.75) is 53.9 Å².